The number of hydrogen-bond donors (Lipinski definition) is 1. The predicted molar refractivity (Wildman–Crippen MR) is 60.6 cm³/mol. The molecule has 94 valence electrons. The molecule has 0 bridgehead atoms. The van der Waals surface area contributed by atoms with Crippen molar-refractivity contribution in [2.45, 2.75) is 45.3 Å². The van der Waals surface area contributed by atoms with Crippen LogP contribution in [0.2, 0.25) is 0 Å². The van der Waals surface area contributed by atoms with Gasteiger partial charge in [0.2, 0.25) is 0 Å². The van der Waals surface area contributed by atoms with E-state index in [1.165, 1.54) is 0 Å². The van der Waals surface area contributed by atoms with Crippen LogP contribution in [-0.2, 0) is 14.4 Å². The summed E-state index contributed by atoms with van der Waals surface area (Å²) >= 11 is 0. The van der Waals surface area contributed by atoms with E-state index in [-0.39, 0.29) is 12.1 Å². The summed E-state index contributed by atoms with van der Waals surface area (Å²) in [7, 11) is 0. The first-order chi connectivity index (χ1) is 7.52. The Morgan fingerprint density at radius 2 is 2.00 bits per heavy atom. The average Bonchev–Trinajstić information content (AvgIpc) is 2.29. The number of hydrogen-bond acceptors (Lipinski definition) is 5. The van der Waals surface area contributed by atoms with E-state index in [1.807, 2.05) is 20.8 Å². The van der Waals surface area contributed by atoms with Gasteiger partial charge in [0.15, 0.2) is 0 Å². The Hall–Kier alpha value is -0.650. The van der Waals surface area contributed by atoms with Gasteiger partial charge in [-0.25, -0.2) is 5.90 Å². The van der Waals surface area contributed by atoms with Gasteiger partial charge >= 0.3 is 5.97 Å². The molecule has 1 fully saturated rings. The standard InChI is InChI=1S/C11H22N2O3/c1-4-15-10(14)11(2,3)13-7-5-9(16-12)6-8-13/h9H,4-8,12H2,1-3H3. The third-order valence-electron chi connectivity index (χ3n) is 3.20. The van der Waals surface area contributed by atoms with E-state index in [9.17, 15) is 4.79 Å². The number of piperidine rings is 1. The number of carbonyl (C=O) groups is 1. The maximum Gasteiger partial charge on any atom is 0.325 e. The molecule has 1 heterocycles. The van der Waals surface area contributed by atoms with E-state index in [0.29, 0.717) is 6.61 Å². The zero-order valence-electron chi connectivity index (χ0n) is 10.4. The van der Waals surface area contributed by atoms with E-state index in [2.05, 4.69) is 4.90 Å². The molecule has 16 heavy (non-hydrogen) atoms. The minimum atomic E-state index is -0.560. The van der Waals surface area contributed by atoms with Crippen LogP contribution in [-0.4, -0.2) is 42.2 Å². The number of esters is 1. The third kappa shape index (κ3) is 2.93. The molecule has 1 saturated heterocycles. The van der Waals surface area contributed by atoms with Crippen LogP contribution in [0.4, 0.5) is 0 Å². The second-order valence-corrected chi connectivity index (χ2v) is 4.60. The van der Waals surface area contributed by atoms with Crippen molar-refractivity contribution in [1.82, 2.24) is 4.90 Å². The highest BCUT2D eigenvalue weighted by molar-refractivity contribution is 5.79. The number of likely N-dealkylation sites (tertiary alicyclic amines) is 1. The molecule has 0 unspecified atom stereocenters. The van der Waals surface area contributed by atoms with E-state index in [1.54, 1.807) is 0 Å². The lowest BCUT2D eigenvalue weighted by atomic mass is 9.97. The van der Waals surface area contributed by atoms with Gasteiger partial charge in [-0.1, -0.05) is 0 Å². The Balaban J connectivity index is 2.53. The summed E-state index contributed by atoms with van der Waals surface area (Å²) in [6.07, 6.45) is 1.84. The molecule has 1 aliphatic rings. The number of carbonyl (C=O) groups excluding carboxylic acids is 1. The van der Waals surface area contributed by atoms with Crippen LogP contribution in [0.1, 0.15) is 33.6 Å². The van der Waals surface area contributed by atoms with Crippen LogP contribution in [0.25, 0.3) is 0 Å². The topological polar surface area (TPSA) is 64.8 Å². The normalized spacial score (nSPS) is 19.8. The highest BCUT2D eigenvalue weighted by Crippen LogP contribution is 2.22. The number of rotatable bonds is 4. The second-order valence-electron chi connectivity index (χ2n) is 4.60. The van der Waals surface area contributed by atoms with Crippen LogP contribution in [0, 0.1) is 0 Å². The summed E-state index contributed by atoms with van der Waals surface area (Å²) in [5, 5.41) is 0. The first-order valence-corrected chi connectivity index (χ1v) is 5.80. The molecule has 5 nitrogen and oxygen atoms in total. The smallest absolute Gasteiger partial charge is 0.325 e. The first kappa shape index (κ1) is 13.4. The zero-order valence-corrected chi connectivity index (χ0v) is 10.4. The molecular formula is C11H22N2O3. The quantitative estimate of drug-likeness (QED) is 0.568. The SMILES string of the molecule is CCOC(=O)C(C)(C)N1CCC(ON)CC1. The molecule has 0 aliphatic carbocycles. The van der Waals surface area contributed by atoms with Crippen LogP contribution < -0.4 is 5.90 Å². The van der Waals surface area contributed by atoms with Gasteiger partial charge in [-0.3, -0.25) is 9.69 Å². The van der Waals surface area contributed by atoms with Crippen molar-refractivity contribution in [3.63, 3.8) is 0 Å². The summed E-state index contributed by atoms with van der Waals surface area (Å²) in [5.41, 5.74) is -0.560. The number of ether oxygens (including phenoxy) is 1. The molecule has 5 heteroatoms. The zero-order chi connectivity index (χ0) is 12.2. The summed E-state index contributed by atoms with van der Waals surface area (Å²) in [6.45, 7) is 7.66. The number of nitrogens with two attached hydrogens (primary N) is 1. The van der Waals surface area contributed by atoms with Crippen LogP contribution >= 0.6 is 0 Å². The van der Waals surface area contributed by atoms with Crippen molar-refractivity contribution < 1.29 is 14.4 Å². The lowest BCUT2D eigenvalue weighted by Gasteiger charge is -2.40. The first-order valence-electron chi connectivity index (χ1n) is 5.80. The monoisotopic (exact) mass is 230 g/mol. The van der Waals surface area contributed by atoms with Gasteiger partial charge in [0.1, 0.15) is 5.54 Å². The van der Waals surface area contributed by atoms with Crippen LogP contribution in [0.3, 0.4) is 0 Å². The fraction of sp³-hybridized carbons (Fsp3) is 0.909. The van der Waals surface area contributed by atoms with E-state index >= 15 is 0 Å². The van der Waals surface area contributed by atoms with E-state index in [4.69, 9.17) is 15.5 Å². The molecular weight excluding hydrogens is 208 g/mol. The molecule has 0 saturated carbocycles. The Morgan fingerprint density at radius 3 is 2.44 bits per heavy atom. The summed E-state index contributed by atoms with van der Waals surface area (Å²) in [6, 6.07) is 0. The lowest BCUT2D eigenvalue weighted by Crippen LogP contribution is -2.54. The molecule has 0 aromatic carbocycles. The molecule has 0 spiro atoms. The van der Waals surface area contributed by atoms with E-state index in [0.717, 1.165) is 25.9 Å². The van der Waals surface area contributed by atoms with Crippen molar-refractivity contribution in [3.05, 3.63) is 0 Å². The van der Waals surface area contributed by atoms with Gasteiger partial charge in [-0.05, 0) is 33.6 Å². The minimum absolute atomic E-state index is 0.120. The Kier molecular flexibility index (Phi) is 4.70. The molecule has 1 aliphatic heterocycles. The van der Waals surface area contributed by atoms with Gasteiger partial charge < -0.3 is 9.57 Å². The van der Waals surface area contributed by atoms with Gasteiger partial charge in [0.25, 0.3) is 0 Å². The minimum Gasteiger partial charge on any atom is -0.465 e. The predicted octanol–water partition coefficient (Wildman–Crippen LogP) is 0.683. The Morgan fingerprint density at radius 1 is 1.44 bits per heavy atom. The van der Waals surface area contributed by atoms with Crippen LogP contribution in [0.5, 0.6) is 0 Å². The Labute approximate surface area is 96.8 Å². The molecule has 0 aromatic rings. The lowest BCUT2D eigenvalue weighted by molar-refractivity contribution is -0.157. The molecule has 1 rings (SSSR count). The van der Waals surface area contributed by atoms with Crippen molar-refractivity contribution in [2.24, 2.45) is 5.90 Å². The largest absolute Gasteiger partial charge is 0.465 e. The molecule has 0 aromatic heterocycles. The maximum atomic E-state index is 11.8. The molecule has 0 atom stereocenters. The van der Waals surface area contributed by atoms with Gasteiger partial charge in [0, 0.05) is 13.1 Å². The van der Waals surface area contributed by atoms with Gasteiger partial charge in [-0.15, -0.1) is 0 Å². The maximum absolute atomic E-state index is 11.8. The Bertz CT molecular complexity index is 235. The highest BCUT2D eigenvalue weighted by atomic mass is 16.6. The fourth-order valence-electron chi connectivity index (χ4n) is 1.99. The van der Waals surface area contributed by atoms with Crippen LogP contribution in [0.15, 0.2) is 0 Å². The van der Waals surface area contributed by atoms with Crippen molar-refractivity contribution in [3.8, 4) is 0 Å². The van der Waals surface area contributed by atoms with Gasteiger partial charge in [-0.2, -0.15) is 0 Å². The van der Waals surface area contributed by atoms with Crippen molar-refractivity contribution in [1.29, 1.82) is 0 Å². The fourth-order valence-corrected chi connectivity index (χ4v) is 1.99. The molecule has 2 N–H and O–H groups in total. The summed E-state index contributed by atoms with van der Waals surface area (Å²) < 4.78 is 5.08. The number of nitrogens with zero attached hydrogens (tertiary/aromatic N) is 1. The van der Waals surface area contributed by atoms with Crippen molar-refractivity contribution in [2.75, 3.05) is 19.7 Å². The second kappa shape index (κ2) is 5.61. The summed E-state index contributed by atoms with van der Waals surface area (Å²) in [4.78, 5) is 18.7. The van der Waals surface area contributed by atoms with Crippen molar-refractivity contribution >= 4 is 5.97 Å². The average molecular weight is 230 g/mol. The highest BCUT2D eigenvalue weighted by Gasteiger charge is 2.38. The third-order valence-corrected chi connectivity index (χ3v) is 3.20. The van der Waals surface area contributed by atoms with E-state index < -0.39 is 5.54 Å². The van der Waals surface area contributed by atoms with Gasteiger partial charge in [0.05, 0.1) is 12.7 Å². The molecule has 0 radical (unpaired) electrons. The molecule has 0 amide bonds. The summed E-state index contributed by atoms with van der Waals surface area (Å²) in [5.74, 6) is 4.99.